The van der Waals surface area contributed by atoms with E-state index in [1.165, 1.54) is 5.56 Å². The average Bonchev–Trinajstić information content (AvgIpc) is 2.46. The molecule has 3 atom stereocenters. The minimum Gasteiger partial charge on any atom is -0.311 e. The molecule has 1 aromatic rings. The van der Waals surface area contributed by atoms with Crippen molar-refractivity contribution in [2.45, 2.75) is 63.7 Å². The van der Waals surface area contributed by atoms with Gasteiger partial charge in [0.1, 0.15) is 0 Å². The Hall–Kier alpha value is -1.03. The van der Waals surface area contributed by atoms with Gasteiger partial charge in [-0.05, 0) is 44.6 Å². The summed E-state index contributed by atoms with van der Waals surface area (Å²) < 4.78 is 38.4. The first-order chi connectivity index (χ1) is 9.95. The lowest BCUT2D eigenvalue weighted by atomic mass is 9.85. The molecule has 1 saturated carbocycles. The first-order valence-electron chi connectivity index (χ1n) is 7.82. The van der Waals surface area contributed by atoms with Crippen LogP contribution in [0.15, 0.2) is 30.3 Å². The molecule has 1 nitrogen and oxygen atoms in total. The van der Waals surface area contributed by atoms with Crippen LogP contribution in [0.25, 0.3) is 0 Å². The minimum absolute atomic E-state index is 0.0103. The molecule has 0 heterocycles. The standard InChI is InChI=1S/C17H24F3N/c1-13(10-11-14-6-3-2-4-7-14)21-16-9-5-8-15(12-16)17(18,19)20/h2-4,6-7,13,15-16,21H,5,8-12H2,1H3. The molecule has 0 aromatic heterocycles. The lowest BCUT2D eigenvalue weighted by molar-refractivity contribution is -0.183. The predicted octanol–water partition coefficient (Wildman–Crippen LogP) is 4.72. The van der Waals surface area contributed by atoms with Crippen molar-refractivity contribution in [3.63, 3.8) is 0 Å². The highest BCUT2D eigenvalue weighted by Crippen LogP contribution is 2.37. The molecule has 21 heavy (non-hydrogen) atoms. The normalized spacial score (nSPS) is 24.8. The Balaban J connectivity index is 1.76. The lowest BCUT2D eigenvalue weighted by Gasteiger charge is -2.33. The molecule has 1 aliphatic rings. The molecule has 0 bridgehead atoms. The number of rotatable bonds is 5. The molecule has 3 unspecified atom stereocenters. The number of benzene rings is 1. The van der Waals surface area contributed by atoms with Crippen molar-refractivity contribution in [1.29, 1.82) is 0 Å². The van der Waals surface area contributed by atoms with E-state index >= 15 is 0 Å². The molecule has 0 radical (unpaired) electrons. The summed E-state index contributed by atoms with van der Waals surface area (Å²) in [6.45, 7) is 2.07. The minimum atomic E-state index is -4.03. The number of hydrogen-bond donors (Lipinski definition) is 1. The smallest absolute Gasteiger partial charge is 0.311 e. The summed E-state index contributed by atoms with van der Waals surface area (Å²) in [5, 5.41) is 3.39. The summed E-state index contributed by atoms with van der Waals surface area (Å²) in [6.07, 6.45) is -0.0516. The quantitative estimate of drug-likeness (QED) is 0.829. The van der Waals surface area contributed by atoms with Crippen molar-refractivity contribution in [3.8, 4) is 0 Å². The van der Waals surface area contributed by atoms with Crippen LogP contribution in [0.3, 0.4) is 0 Å². The molecular weight excluding hydrogens is 275 g/mol. The van der Waals surface area contributed by atoms with E-state index in [9.17, 15) is 13.2 Å². The van der Waals surface area contributed by atoms with Crippen molar-refractivity contribution in [2.24, 2.45) is 5.92 Å². The van der Waals surface area contributed by atoms with E-state index in [0.717, 1.165) is 19.3 Å². The summed E-state index contributed by atoms with van der Waals surface area (Å²) >= 11 is 0. The van der Waals surface area contributed by atoms with Crippen molar-refractivity contribution in [2.75, 3.05) is 0 Å². The third-order valence-corrected chi connectivity index (χ3v) is 4.37. The van der Waals surface area contributed by atoms with E-state index in [2.05, 4.69) is 24.4 Å². The van der Waals surface area contributed by atoms with E-state index < -0.39 is 12.1 Å². The summed E-state index contributed by atoms with van der Waals surface area (Å²) in [5.41, 5.74) is 1.28. The SMILES string of the molecule is CC(CCc1ccccc1)NC1CCCC(C(F)(F)F)C1. The van der Waals surface area contributed by atoms with Gasteiger partial charge in [0.2, 0.25) is 0 Å². The highest BCUT2D eigenvalue weighted by atomic mass is 19.4. The third kappa shape index (κ3) is 5.34. The number of hydrogen-bond acceptors (Lipinski definition) is 1. The van der Waals surface area contributed by atoms with E-state index in [1.807, 2.05) is 18.2 Å². The maximum atomic E-state index is 12.8. The first-order valence-corrected chi connectivity index (χ1v) is 7.82. The number of alkyl halides is 3. The van der Waals surface area contributed by atoms with Crippen LogP contribution in [0.1, 0.15) is 44.6 Å². The zero-order chi connectivity index (χ0) is 15.3. The Morgan fingerprint density at radius 1 is 1.19 bits per heavy atom. The second-order valence-electron chi connectivity index (χ2n) is 6.19. The number of halogens is 3. The maximum absolute atomic E-state index is 12.8. The fourth-order valence-corrected chi connectivity index (χ4v) is 3.15. The Morgan fingerprint density at radius 3 is 2.57 bits per heavy atom. The first kappa shape index (κ1) is 16.3. The summed E-state index contributed by atoms with van der Waals surface area (Å²) in [4.78, 5) is 0. The van der Waals surface area contributed by atoms with Gasteiger partial charge in [-0.25, -0.2) is 0 Å². The Labute approximate surface area is 124 Å². The van der Waals surface area contributed by atoms with Crippen molar-refractivity contribution in [1.82, 2.24) is 5.32 Å². The highest BCUT2D eigenvalue weighted by molar-refractivity contribution is 5.14. The third-order valence-electron chi connectivity index (χ3n) is 4.37. The lowest BCUT2D eigenvalue weighted by Crippen LogP contribution is -2.42. The van der Waals surface area contributed by atoms with Gasteiger partial charge in [0.05, 0.1) is 5.92 Å². The van der Waals surface area contributed by atoms with Gasteiger partial charge >= 0.3 is 6.18 Å². The van der Waals surface area contributed by atoms with Crippen LogP contribution in [0.4, 0.5) is 13.2 Å². The molecule has 1 aromatic carbocycles. The van der Waals surface area contributed by atoms with E-state index in [0.29, 0.717) is 12.8 Å². The average molecular weight is 299 g/mol. The molecule has 2 rings (SSSR count). The van der Waals surface area contributed by atoms with Gasteiger partial charge in [-0.2, -0.15) is 13.2 Å². The molecular formula is C17H24F3N. The molecule has 0 amide bonds. The highest BCUT2D eigenvalue weighted by Gasteiger charge is 2.42. The van der Waals surface area contributed by atoms with E-state index in [4.69, 9.17) is 0 Å². The largest absolute Gasteiger partial charge is 0.391 e. The van der Waals surface area contributed by atoms with Crippen LogP contribution in [0.5, 0.6) is 0 Å². The Morgan fingerprint density at radius 2 is 1.90 bits per heavy atom. The zero-order valence-corrected chi connectivity index (χ0v) is 12.5. The van der Waals surface area contributed by atoms with Crippen molar-refractivity contribution >= 4 is 0 Å². The summed E-state index contributed by atoms with van der Waals surface area (Å²) in [6, 6.07) is 10.5. The summed E-state index contributed by atoms with van der Waals surface area (Å²) in [5.74, 6) is -1.12. The molecule has 1 fully saturated rings. The fourth-order valence-electron chi connectivity index (χ4n) is 3.15. The molecule has 118 valence electrons. The van der Waals surface area contributed by atoms with E-state index in [1.54, 1.807) is 0 Å². The predicted molar refractivity (Wildman–Crippen MR) is 79.2 cm³/mol. The topological polar surface area (TPSA) is 12.0 Å². The second kappa shape index (κ2) is 7.30. The summed E-state index contributed by atoms with van der Waals surface area (Å²) in [7, 11) is 0. The van der Waals surface area contributed by atoms with E-state index in [-0.39, 0.29) is 18.5 Å². The molecule has 1 N–H and O–H groups in total. The van der Waals surface area contributed by atoms with Gasteiger partial charge in [0.15, 0.2) is 0 Å². The molecule has 0 spiro atoms. The molecule has 4 heteroatoms. The van der Waals surface area contributed by atoms with Crippen LogP contribution < -0.4 is 5.32 Å². The van der Waals surface area contributed by atoms with Gasteiger partial charge in [-0.1, -0.05) is 36.8 Å². The Bertz CT molecular complexity index is 416. The number of aryl methyl sites for hydroxylation is 1. The van der Waals surface area contributed by atoms with Crippen LogP contribution in [0, 0.1) is 5.92 Å². The molecule has 0 aliphatic heterocycles. The van der Waals surface area contributed by atoms with Crippen LogP contribution in [-0.2, 0) is 6.42 Å². The van der Waals surface area contributed by atoms with Crippen molar-refractivity contribution < 1.29 is 13.2 Å². The molecule has 0 saturated heterocycles. The monoisotopic (exact) mass is 299 g/mol. The second-order valence-corrected chi connectivity index (χ2v) is 6.19. The van der Waals surface area contributed by atoms with Gasteiger partial charge in [0.25, 0.3) is 0 Å². The fraction of sp³-hybridized carbons (Fsp3) is 0.647. The maximum Gasteiger partial charge on any atom is 0.391 e. The van der Waals surface area contributed by atoms with Crippen LogP contribution in [-0.4, -0.2) is 18.3 Å². The van der Waals surface area contributed by atoms with Gasteiger partial charge in [0, 0.05) is 12.1 Å². The van der Waals surface area contributed by atoms with Crippen molar-refractivity contribution in [3.05, 3.63) is 35.9 Å². The zero-order valence-electron chi connectivity index (χ0n) is 12.5. The number of nitrogens with one attached hydrogen (secondary N) is 1. The molecule has 1 aliphatic carbocycles. The van der Waals surface area contributed by atoms with Gasteiger partial charge in [-0.3, -0.25) is 0 Å². The van der Waals surface area contributed by atoms with Crippen LogP contribution in [0.2, 0.25) is 0 Å². The van der Waals surface area contributed by atoms with Gasteiger partial charge < -0.3 is 5.32 Å². The van der Waals surface area contributed by atoms with Crippen LogP contribution >= 0.6 is 0 Å². The van der Waals surface area contributed by atoms with Gasteiger partial charge in [-0.15, -0.1) is 0 Å². The Kier molecular flexibility index (Phi) is 5.68.